The van der Waals surface area contributed by atoms with Gasteiger partial charge in [0.05, 0.1) is 11.4 Å². The number of hydrogen-bond acceptors (Lipinski definition) is 3. The summed E-state index contributed by atoms with van der Waals surface area (Å²) >= 11 is 0. The third kappa shape index (κ3) is 4.22. The van der Waals surface area contributed by atoms with Gasteiger partial charge in [0, 0.05) is 33.6 Å². The van der Waals surface area contributed by atoms with Gasteiger partial charge >= 0.3 is 0 Å². The van der Waals surface area contributed by atoms with Crippen LogP contribution in [0.4, 0.5) is 0 Å². The maximum Gasteiger partial charge on any atom is 0.160 e. The molecule has 0 radical (unpaired) electrons. The van der Waals surface area contributed by atoms with Crippen LogP contribution in [-0.4, -0.2) is 9.97 Å². The lowest BCUT2D eigenvalue weighted by Gasteiger charge is -2.25. The molecule has 3 heteroatoms. The summed E-state index contributed by atoms with van der Waals surface area (Å²) in [4.78, 5) is 10.3. The van der Waals surface area contributed by atoms with Gasteiger partial charge in [-0.3, -0.25) is 0 Å². The molecule has 0 saturated carbocycles. The number of aromatic nitrogens is 2. The van der Waals surface area contributed by atoms with Crippen LogP contribution in [0.1, 0.15) is 28.3 Å². The summed E-state index contributed by atoms with van der Waals surface area (Å²) < 4.78 is 6.56. The highest BCUT2D eigenvalue weighted by molar-refractivity contribution is 5.93. The number of fused-ring (bicyclic) bond motifs is 5. The van der Waals surface area contributed by atoms with Gasteiger partial charge in [-0.05, 0) is 48.2 Å². The Balaban J connectivity index is 1.31. The molecule has 0 spiro atoms. The number of rotatable bonds is 4. The van der Waals surface area contributed by atoms with Gasteiger partial charge in [-0.2, -0.15) is 0 Å². The Morgan fingerprint density at radius 1 is 0.619 bits per heavy atom. The molecular weight excluding hydrogens is 512 g/mol. The van der Waals surface area contributed by atoms with Crippen LogP contribution < -0.4 is 0 Å². The number of nitrogens with zero attached hydrogens (tertiary/aromatic N) is 2. The zero-order chi connectivity index (χ0) is 28.0. The lowest BCUT2D eigenvalue weighted by atomic mass is 9.79. The molecule has 8 rings (SSSR count). The van der Waals surface area contributed by atoms with Gasteiger partial charge in [0.15, 0.2) is 5.82 Å². The molecule has 42 heavy (non-hydrogen) atoms. The minimum atomic E-state index is 0.0606. The van der Waals surface area contributed by atoms with Gasteiger partial charge in [-0.25, -0.2) is 9.97 Å². The third-order valence-corrected chi connectivity index (χ3v) is 8.37. The highest BCUT2D eigenvalue weighted by Gasteiger charge is 2.32. The number of furan rings is 1. The molecule has 2 aromatic heterocycles. The van der Waals surface area contributed by atoms with E-state index in [1.165, 1.54) is 33.2 Å². The summed E-state index contributed by atoms with van der Waals surface area (Å²) in [5.74, 6) is 1.78. The topological polar surface area (TPSA) is 38.9 Å². The number of aryl methyl sites for hydroxylation is 1. The van der Waals surface area contributed by atoms with E-state index in [4.69, 9.17) is 14.4 Å². The first-order chi connectivity index (χ1) is 20.7. The van der Waals surface area contributed by atoms with E-state index in [1.54, 1.807) is 0 Å². The fourth-order valence-corrected chi connectivity index (χ4v) is 6.20. The molecular formula is C39H28N2O. The van der Waals surface area contributed by atoms with Crippen molar-refractivity contribution in [2.45, 2.75) is 19.3 Å². The van der Waals surface area contributed by atoms with E-state index in [9.17, 15) is 0 Å². The largest absolute Gasteiger partial charge is 0.456 e. The summed E-state index contributed by atoms with van der Waals surface area (Å²) in [6.45, 7) is 2.12. The van der Waals surface area contributed by atoms with E-state index in [2.05, 4.69) is 116 Å². The van der Waals surface area contributed by atoms with Crippen LogP contribution in [0.2, 0.25) is 0 Å². The van der Waals surface area contributed by atoms with Crippen molar-refractivity contribution in [3.8, 4) is 45.1 Å². The molecule has 200 valence electrons. The van der Waals surface area contributed by atoms with Crippen molar-refractivity contribution < 1.29 is 4.42 Å². The van der Waals surface area contributed by atoms with Crippen molar-refractivity contribution in [3.63, 3.8) is 0 Å². The first kappa shape index (κ1) is 24.5. The monoisotopic (exact) mass is 540 g/mol. The maximum absolute atomic E-state index is 6.56. The second kappa shape index (κ2) is 9.97. The van der Waals surface area contributed by atoms with Crippen LogP contribution in [-0.2, 0) is 6.42 Å². The fraction of sp³-hybridized carbons (Fsp3) is 0.0769. The normalized spacial score (nSPS) is 14.0. The Hall–Kier alpha value is -5.28. The Labute approximate surface area is 245 Å². The van der Waals surface area contributed by atoms with Crippen LogP contribution in [0.5, 0.6) is 0 Å². The molecule has 0 N–H and O–H groups in total. The molecule has 3 nitrogen and oxygen atoms in total. The van der Waals surface area contributed by atoms with Crippen molar-refractivity contribution in [2.75, 3.05) is 0 Å². The molecule has 0 bridgehead atoms. The smallest absolute Gasteiger partial charge is 0.160 e. The molecule has 2 heterocycles. The summed E-state index contributed by atoms with van der Waals surface area (Å²) in [7, 11) is 0. The first-order valence-electron chi connectivity index (χ1n) is 14.4. The Morgan fingerprint density at radius 3 is 2.10 bits per heavy atom. The minimum Gasteiger partial charge on any atom is -0.456 e. The van der Waals surface area contributed by atoms with Gasteiger partial charge in [-0.1, -0.05) is 121 Å². The van der Waals surface area contributed by atoms with E-state index in [0.717, 1.165) is 51.7 Å². The maximum atomic E-state index is 6.56. The summed E-state index contributed by atoms with van der Waals surface area (Å²) in [6, 6.07) is 46.7. The van der Waals surface area contributed by atoms with Crippen molar-refractivity contribution in [3.05, 3.63) is 156 Å². The van der Waals surface area contributed by atoms with Crippen molar-refractivity contribution in [1.29, 1.82) is 0 Å². The predicted molar refractivity (Wildman–Crippen MR) is 170 cm³/mol. The molecule has 0 fully saturated rings. The second-order valence-electron chi connectivity index (χ2n) is 11.1. The van der Waals surface area contributed by atoms with Crippen LogP contribution >= 0.6 is 0 Å². The molecule has 1 unspecified atom stereocenters. The SMILES string of the molecule is Cc1ccc(-c2ccc3oc4c(c3c2)CC(c2cc(-c3ccccc3)nc(-c3ccccc3)n2)c2ccccc2-4)cc1. The zero-order valence-electron chi connectivity index (χ0n) is 23.3. The predicted octanol–water partition coefficient (Wildman–Crippen LogP) is 9.89. The third-order valence-electron chi connectivity index (χ3n) is 8.37. The fourth-order valence-electron chi connectivity index (χ4n) is 6.20. The van der Waals surface area contributed by atoms with Crippen molar-refractivity contribution in [1.82, 2.24) is 9.97 Å². The van der Waals surface area contributed by atoms with Crippen LogP contribution in [0.15, 0.2) is 138 Å². The number of hydrogen-bond donors (Lipinski definition) is 0. The second-order valence-corrected chi connectivity index (χ2v) is 11.1. The average molecular weight is 541 g/mol. The Morgan fingerprint density at radius 2 is 1.31 bits per heavy atom. The van der Waals surface area contributed by atoms with Gasteiger partial charge in [0.2, 0.25) is 0 Å². The highest BCUT2D eigenvalue weighted by atomic mass is 16.3. The summed E-state index contributed by atoms with van der Waals surface area (Å²) in [5.41, 5.74) is 12.2. The quantitative estimate of drug-likeness (QED) is 0.223. The van der Waals surface area contributed by atoms with Crippen LogP contribution in [0.3, 0.4) is 0 Å². The van der Waals surface area contributed by atoms with E-state index < -0.39 is 0 Å². The lowest BCUT2D eigenvalue weighted by Crippen LogP contribution is -2.14. The lowest BCUT2D eigenvalue weighted by molar-refractivity contribution is 0.613. The molecule has 1 aliphatic rings. The minimum absolute atomic E-state index is 0.0606. The van der Waals surface area contributed by atoms with E-state index in [-0.39, 0.29) is 5.92 Å². The average Bonchev–Trinajstić information content (AvgIpc) is 3.43. The van der Waals surface area contributed by atoms with Crippen molar-refractivity contribution in [2.24, 2.45) is 0 Å². The van der Waals surface area contributed by atoms with Gasteiger partial charge < -0.3 is 4.42 Å². The van der Waals surface area contributed by atoms with Crippen LogP contribution in [0, 0.1) is 6.92 Å². The standard InChI is InChI=1S/C39H28N2O/c1-25-16-18-26(19-17-25)29-20-21-37-33(22-29)34-23-32(30-14-8-9-15-31(30)38(34)42-37)36-24-35(27-10-4-2-5-11-27)40-39(41-36)28-12-6-3-7-13-28/h2-22,24,32H,23H2,1H3. The molecule has 1 atom stereocenters. The summed E-state index contributed by atoms with van der Waals surface area (Å²) in [6.07, 6.45) is 0.802. The van der Waals surface area contributed by atoms with Crippen molar-refractivity contribution >= 4 is 11.0 Å². The van der Waals surface area contributed by atoms with E-state index >= 15 is 0 Å². The first-order valence-corrected chi connectivity index (χ1v) is 14.4. The molecule has 7 aromatic rings. The number of benzene rings is 5. The Kier molecular flexibility index (Phi) is 5.82. The molecule has 0 amide bonds. The molecule has 0 saturated heterocycles. The van der Waals surface area contributed by atoms with Gasteiger partial charge in [0.1, 0.15) is 11.3 Å². The van der Waals surface area contributed by atoms with Gasteiger partial charge in [-0.15, -0.1) is 0 Å². The highest BCUT2D eigenvalue weighted by Crippen LogP contribution is 2.47. The Bertz CT molecular complexity index is 2000. The molecule has 0 aliphatic heterocycles. The van der Waals surface area contributed by atoms with Crippen LogP contribution in [0.25, 0.3) is 56.1 Å². The molecule has 1 aliphatic carbocycles. The van der Waals surface area contributed by atoms with E-state index in [1.807, 2.05) is 24.3 Å². The zero-order valence-corrected chi connectivity index (χ0v) is 23.3. The van der Waals surface area contributed by atoms with Gasteiger partial charge in [0.25, 0.3) is 0 Å². The molecule has 5 aromatic carbocycles. The van der Waals surface area contributed by atoms with E-state index in [0.29, 0.717) is 0 Å². The summed E-state index contributed by atoms with van der Waals surface area (Å²) in [5, 5.41) is 1.17.